The average Bonchev–Trinajstić information content (AvgIpc) is 3.23. The fourth-order valence-electron chi connectivity index (χ4n) is 4.08. The van der Waals surface area contributed by atoms with Gasteiger partial charge in [0.25, 0.3) is 0 Å². The van der Waals surface area contributed by atoms with Gasteiger partial charge in [-0.2, -0.15) is 0 Å². The first kappa shape index (κ1) is 15.0. The molecule has 3 aliphatic rings. The van der Waals surface area contributed by atoms with Gasteiger partial charge in [0, 0.05) is 12.2 Å². The summed E-state index contributed by atoms with van der Waals surface area (Å²) in [4.78, 5) is 15.0. The summed E-state index contributed by atoms with van der Waals surface area (Å²) < 4.78 is 11.3. The summed E-state index contributed by atoms with van der Waals surface area (Å²) in [5, 5.41) is 0. The van der Waals surface area contributed by atoms with Crippen LogP contribution in [0.4, 0.5) is 5.69 Å². The third-order valence-electron chi connectivity index (χ3n) is 5.70. The molecule has 1 amide bonds. The molecule has 0 aromatic heterocycles. The predicted octanol–water partition coefficient (Wildman–Crippen LogP) is 3.54. The van der Waals surface area contributed by atoms with E-state index in [0.717, 1.165) is 56.7 Å². The lowest BCUT2D eigenvalue weighted by molar-refractivity contribution is -0.127. The SMILES string of the molecule is CC(C)Oc1ccc(N2CC[C@]3(CC[C@]4(CC3)CO4)C2=O)cc1. The van der Waals surface area contributed by atoms with Crippen LogP contribution in [-0.4, -0.2) is 30.8 Å². The Labute approximate surface area is 137 Å². The Morgan fingerprint density at radius 1 is 1.09 bits per heavy atom. The number of carbonyl (C=O) groups excluding carboxylic acids is 1. The van der Waals surface area contributed by atoms with Crippen LogP contribution in [0.15, 0.2) is 24.3 Å². The molecule has 0 bridgehead atoms. The van der Waals surface area contributed by atoms with Gasteiger partial charge >= 0.3 is 0 Å². The molecule has 2 spiro atoms. The van der Waals surface area contributed by atoms with Crippen molar-refractivity contribution < 1.29 is 14.3 Å². The number of amides is 1. The fraction of sp³-hybridized carbons (Fsp3) is 0.632. The molecule has 124 valence electrons. The lowest BCUT2D eigenvalue weighted by atomic mass is 9.69. The van der Waals surface area contributed by atoms with E-state index in [0.29, 0.717) is 5.91 Å². The van der Waals surface area contributed by atoms with Crippen molar-refractivity contribution in [2.75, 3.05) is 18.1 Å². The molecule has 2 aliphatic heterocycles. The van der Waals surface area contributed by atoms with Crippen LogP contribution in [0, 0.1) is 5.41 Å². The summed E-state index contributed by atoms with van der Waals surface area (Å²) in [6.45, 7) is 5.76. The zero-order valence-electron chi connectivity index (χ0n) is 14.0. The first-order chi connectivity index (χ1) is 11.0. The molecule has 1 aliphatic carbocycles. The van der Waals surface area contributed by atoms with Gasteiger partial charge in [-0.25, -0.2) is 0 Å². The quantitative estimate of drug-likeness (QED) is 0.801. The molecule has 23 heavy (non-hydrogen) atoms. The second-order valence-corrected chi connectivity index (χ2v) is 7.62. The molecular formula is C19H25NO3. The van der Waals surface area contributed by atoms with Crippen molar-refractivity contribution in [3.63, 3.8) is 0 Å². The molecule has 2 saturated heterocycles. The summed E-state index contributed by atoms with van der Waals surface area (Å²) >= 11 is 0. The molecule has 0 unspecified atom stereocenters. The van der Waals surface area contributed by atoms with Crippen LogP contribution in [0.1, 0.15) is 46.0 Å². The minimum atomic E-state index is -0.135. The van der Waals surface area contributed by atoms with Gasteiger partial charge in [0.1, 0.15) is 5.75 Å². The zero-order chi connectivity index (χ0) is 16.1. The molecule has 1 saturated carbocycles. The van der Waals surface area contributed by atoms with E-state index in [-0.39, 0.29) is 17.1 Å². The van der Waals surface area contributed by atoms with Gasteiger partial charge in [0.05, 0.1) is 23.7 Å². The van der Waals surface area contributed by atoms with E-state index >= 15 is 0 Å². The highest BCUT2D eigenvalue weighted by molar-refractivity contribution is 6.00. The van der Waals surface area contributed by atoms with Gasteiger partial charge in [-0.05, 0) is 70.2 Å². The maximum absolute atomic E-state index is 13.0. The van der Waals surface area contributed by atoms with E-state index < -0.39 is 0 Å². The van der Waals surface area contributed by atoms with Crippen molar-refractivity contribution in [3.8, 4) is 5.75 Å². The van der Waals surface area contributed by atoms with Crippen LogP contribution in [-0.2, 0) is 9.53 Å². The fourth-order valence-corrected chi connectivity index (χ4v) is 4.08. The van der Waals surface area contributed by atoms with Crippen molar-refractivity contribution in [2.24, 2.45) is 5.41 Å². The normalized spacial score (nSPS) is 33.0. The highest BCUT2D eigenvalue weighted by atomic mass is 16.6. The van der Waals surface area contributed by atoms with Crippen LogP contribution >= 0.6 is 0 Å². The van der Waals surface area contributed by atoms with E-state index in [4.69, 9.17) is 9.47 Å². The lowest BCUT2D eigenvalue weighted by Crippen LogP contribution is -2.39. The number of hydrogen-bond acceptors (Lipinski definition) is 3. The Kier molecular flexibility index (Phi) is 3.41. The molecule has 0 radical (unpaired) electrons. The van der Waals surface area contributed by atoms with E-state index in [1.54, 1.807) is 0 Å². The summed E-state index contributed by atoms with van der Waals surface area (Å²) in [5.41, 5.74) is 1.00. The van der Waals surface area contributed by atoms with Gasteiger partial charge in [-0.1, -0.05) is 0 Å². The van der Waals surface area contributed by atoms with Gasteiger partial charge in [0.2, 0.25) is 5.91 Å². The molecule has 2 heterocycles. The van der Waals surface area contributed by atoms with E-state index in [1.165, 1.54) is 0 Å². The molecule has 4 nitrogen and oxygen atoms in total. The summed E-state index contributed by atoms with van der Waals surface area (Å²) in [5.74, 6) is 1.17. The van der Waals surface area contributed by atoms with E-state index in [2.05, 4.69) is 0 Å². The number of nitrogens with zero attached hydrogens (tertiary/aromatic N) is 1. The Bertz CT molecular complexity index is 594. The monoisotopic (exact) mass is 315 g/mol. The third kappa shape index (κ3) is 2.63. The largest absolute Gasteiger partial charge is 0.491 e. The van der Waals surface area contributed by atoms with E-state index in [9.17, 15) is 4.79 Å². The van der Waals surface area contributed by atoms with Crippen molar-refractivity contribution in [1.82, 2.24) is 0 Å². The summed E-state index contributed by atoms with van der Waals surface area (Å²) in [6, 6.07) is 7.93. The minimum Gasteiger partial charge on any atom is -0.491 e. The number of benzene rings is 1. The van der Waals surface area contributed by atoms with Gasteiger partial charge < -0.3 is 14.4 Å². The number of ether oxygens (including phenoxy) is 2. The van der Waals surface area contributed by atoms with Crippen LogP contribution in [0.2, 0.25) is 0 Å². The highest BCUT2D eigenvalue weighted by Crippen LogP contribution is 2.53. The van der Waals surface area contributed by atoms with Gasteiger partial charge in [-0.3, -0.25) is 4.79 Å². The van der Waals surface area contributed by atoms with Crippen molar-refractivity contribution in [3.05, 3.63) is 24.3 Å². The third-order valence-corrected chi connectivity index (χ3v) is 5.70. The van der Waals surface area contributed by atoms with Crippen LogP contribution < -0.4 is 9.64 Å². The Hall–Kier alpha value is -1.55. The van der Waals surface area contributed by atoms with Crippen molar-refractivity contribution in [2.45, 2.75) is 57.7 Å². The minimum absolute atomic E-state index is 0.135. The Morgan fingerprint density at radius 3 is 2.30 bits per heavy atom. The molecular weight excluding hydrogens is 290 g/mol. The second kappa shape index (κ2) is 5.23. The predicted molar refractivity (Wildman–Crippen MR) is 88.8 cm³/mol. The maximum Gasteiger partial charge on any atom is 0.233 e. The molecule has 1 aromatic rings. The Morgan fingerprint density at radius 2 is 1.74 bits per heavy atom. The molecule has 1 aromatic carbocycles. The number of anilines is 1. The highest BCUT2D eigenvalue weighted by Gasteiger charge is 2.56. The second-order valence-electron chi connectivity index (χ2n) is 7.62. The lowest BCUT2D eigenvalue weighted by Gasteiger charge is -2.34. The van der Waals surface area contributed by atoms with Crippen LogP contribution in [0.5, 0.6) is 5.75 Å². The first-order valence-corrected chi connectivity index (χ1v) is 8.75. The number of hydrogen-bond donors (Lipinski definition) is 0. The molecule has 3 fully saturated rings. The number of carbonyl (C=O) groups is 1. The molecule has 0 atom stereocenters. The molecule has 4 rings (SSSR count). The molecule has 0 N–H and O–H groups in total. The molecule has 4 heteroatoms. The van der Waals surface area contributed by atoms with Gasteiger partial charge in [0.15, 0.2) is 0 Å². The average molecular weight is 315 g/mol. The number of epoxide rings is 1. The van der Waals surface area contributed by atoms with Gasteiger partial charge in [-0.15, -0.1) is 0 Å². The maximum atomic E-state index is 13.0. The van der Waals surface area contributed by atoms with Crippen LogP contribution in [0.3, 0.4) is 0 Å². The number of rotatable bonds is 3. The van der Waals surface area contributed by atoms with Crippen molar-refractivity contribution in [1.29, 1.82) is 0 Å². The Balaban J connectivity index is 1.47. The topological polar surface area (TPSA) is 42.1 Å². The zero-order valence-corrected chi connectivity index (χ0v) is 14.0. The first-order valence-electron chi connectivity index (χ1n) is 8.75. The van der Waals surface area contributed by atoms with Crippen molar-refractivity contribution >= 4 is 11.6 Å². The summed E-state index contributed by atoms with van der Waals surface area (Å²) in [6.07, 6.45) is 5.21. The smallest absolute Gasteiger partial charge is 0.233 e. The van der Waals surface area contributed by atoms with Crippen LogP contribution in [0.25, 0.3) is 0 Å². The summed E-state index contributed by atoms with van der Waals surface area (Å²) in [7, 11) is 0. The van der Waals surface area contributed by atoms with E-state index in [1.807, 2.05) is 43.0 Å². The standard InChI is InChI=1S/C19H25NO3/c1-14(2)23-16-5-3-15(4-6-16)20-12-11-18(17(20)21)7-9-19(10-8-18)13-22-19/h3-6,14H,7-13H2,1-2H3/t18-,19+.